The monoisotopic (exact) mass is 426 g/mol. The van der Waals surface area contributed by atoms with Crippen LogP contribution >= 0.6 is 0 Å². The Morgan fingerprint density at radius 1 is 1.13 bits per heavy atom. The number of aromatic nitrogens is 2. The number of aryl methyl sites for hydroxylation is 1. The highest BCUT2D eigenvalue weighted by Gasteiger charge is 2.24. The number of imidazole rings is 1. The van der Waals surface area contributed by atoms with Crippen LogP contribution in [0.4, 0.5) is 0 Å². The van der Waals surface area contributed by atoms with Crippen molar-refractivity contribution in [2.75, 3.05) is 13.1 Å². The molecule has 0 radical (unpaired) electrons. The molecule has 0 bridgehead atoms. The lowest BCUT2D eigenvalue weighted by Gasteiger charge is -2.33. The van der Waals surface area contributed by atoms with Gasteiger partial charge in [-0.05, 0) is 51.2 Å². The second-order valence-corrected chi connectivity index (χ2v) is 9.85. The molecule has 3 rings (SSSR count). The van der Waals surface area contributed by atoms with Gasteiger partial charge in [-0.3, -0.25) is 9.59 Å². The number of likely N-dealkylation sites (tertiary alicyclic amines) is 1. The van der Waals surface area contributed by atoms with Crippen molar-refractivity contribution in [2.24, 2.45) is 5.41 Å². The summed E-state index contributed by atoms with van der Waals surface area (Å²) in [6.07, 6.45) is 7.19. The summed E-state index contributed by atoms with van der Waals surface area (Å²) in [6.45, 7) is 9.88. The van der Waals surface area contributed by atoms with E-state index < -0.39 is 0 Å². The topological polar surface area (TPSA) is 67.2 Å². The van der Waals surface area contributed by atoms with Gasteiger partial charge in [0.15, 0.2) is 0 Å². The van der Waals surface area contributed by atoms with Crippen LogP contribution in [-0.4, -0.2) is 45.4 Å². The predicted octanol–water partition coefficient (Wildman–Crippen LogP) is 4.31. The van der Waals surface area contributed by atoms with E-state index >= 15 is 0 Å². The van der Waals surface area contributed by atoms with Gasteiger partial charge in [-0.1, -0.05) is 39.3 Å². The van der Waals surface area contributed by atoms with Gasteiger partial charge in [0.1, 0.15) is 12.4 Å². The maximum atomic E-state index is 13.1. The first kappa shape index (κ1) is 23.3. The summed E-state index contributed by atoms with van der Waals surface area (Å²) in [7, 11) is 0. The van der Waals surface area contributed by atoms with E-state index in [1.165, 1.54) is 6.42 Å². The number of carbonyl (C=O) groups excluding carboxylic acids is 2. The quantitative estimate of drug-likeness (QED) is 0.640. The van der Waals surface area contributed by atoms with Crippen LogP contribution in [0.3, 0.4) is 0 Å². The molecule has 31 heavy (non-hydrogen) atoms. The molecule has 1 aromatic carbocycles. The maximum Gasteiger partial charge on any atom is 0.242 e. The molecule has 0 saturated carbocycles. The fraction of sp³-hybridized carbons (Fsp3) is 0.640. The van der Waals surface area contributed by atoms with Crippen molar-refractivity contribution >= 4 is 22.8 Å². The van der Waals surface area contributed by atoms with Gasteiger partial charge in [-0.15, -0.1) is 0 Å². The van der Waals surface area contributed by atoms with Crippen molar-refractivity contribution in [3.05, 3.63) is 30.1 Å². The summed E-state index contributed by atoms with van der Waals surface area (Å²) in [5.74, 6) is 1.28. The highest BCUT2D eigenvalue weighted by Crippen LogP contribution is 2.21. The van der Waals surface area contributed by atoms with Gasteiger partial charge in [0.25, 0.3) is 0 Å². The van der Waals surface area contributed by atoms with E-state index in [4.69, 9.17) is 4.98 Å². The highest BCUT2D eigenvalue weighted by atomic mass is 16.2. The van der Waals surface area contributed by atoms with Crippen molar-refractivity contribution in [3.8, 4) is 0 Å². The summed E-state index contributed by atoms with van der Waals surface area (Å²) in [5.41, 5.74) is 1.64. The number of para-hydroxylation sites is 2. The molecular weight excluding hydrogens is 388 g/mol. The average Bonchev–Trinajstić information content (AvgIpc) is 3.07. The minimum atomic E-state index is -0.344. The Balaban J connectivity index is 1.59. The van der Waals surface area contributed by atoms with Crippen LogP contribution in [0.1, 0.15) is 72.0 Å². The van der Waals surface area contributed by atoms with E-state index in [2.05, 4.69) is 22.9 Å². The van der Waals surface area contributed by atoms with E-state index in [-0.39, 0.29) is 17.2 Å². The van der Waals surface area contributed by atoms with Crippen LogP contribution in [-0.2, 0) is 22.6 Å². The van der Waals surface area contributed by atoms with Crippen molar-refractivity contribution in [1.82, 2.24) is 19.8 Å². The maximum absolute atomic E-state index is 13.1. The Hall–Kier alpha value is -2.37. The molecule has 0 aliphatic carbocycles. The lowest BCUT2D eigenvalue weighted by Crippen LogP contribution is -2.43. The number of rotatable bonds is 8. The lowest BCUT2D eigenvalue weighted by molar-refractivity contribution is -0.135. The first-order valence-corrected chi connectivity index (χ1v) is 11.8. The van der Waals surface area contributed by atoms with Gasteiger partial charge in [0.2, 0.25) is 11.8 Å². The number of unbranched alkanes of at least 4 members (excludes halogenated alkanes) is 2. The van der Waals surface area contributed by atoms with Crippen molar-refractivity contribution in [1.29, 1.82) is 0 Å². The molecular formula is C25H38N4O2. The van der Waals surface area contributed by atoms with Gasteiger partial charge in [0.05, 0.1) is 11.0 Å². The summed E-state index contributed by atoms with van der Waals surface area (Å²) in [5, 5.41) is 3.01. The summed E-state index contributed by atoms with van der Waals surface area (Å²) in [6, 6.07) is 8.40. The van der Waals surface area contributed by atoms with E-state index in [1.54, 1.807) is 0 Å². The molecule has 2 amide bonds. The zero-order valence-electron chi connectivity index (χ0n) is 19.6. The van der Waals surface area contributed by atoms with Crippen LogP contribution in [0.15, 0.2) is 24.3 Å². The van der Waals surface area contributed by atoms with Crippen LogP contribution in [0.5, 0.6) is 0 Å². The summed E-state index contributed by atoms with van der Waals surface area (Å²) >= 11 is 0. The Labute approximate surface area is 186 Å². The molecule has 2 aromatic rings. The molecule has 0 spiro atoms. The second kappa shape index (κ2) is 10.3. The zero-order chi connectivity index (χ0) is 22.4. The van der Waals surface area contributed by atoms with Gasteiger partial charge in [-0.2, -0.15) is 0 Å². The third kappa shape index (κ3) is 6.08. The van der Waals surface area contributed by atoms with E-state index in [1.807, 2.05) is 43.9 Å². The SMILES string of the molecule is CC1CCCCN1C(=O)Cn1c(CCCCCNC(=O)C(C)(C)C)nc2ccccc21. The molecule has 1 saturated heterocycles. The third-order valence-corrected chi connectivity index (χ3v) is 6.19. The molecule has 1 aromatic heterocycles. The zero-order valence-corrected chi connectivity index (χ0v) is 19.6. The normalized spacial score (nSPS) is 17.2. The van der Waals surface area contributed by atoms with Crippen LogP contribution < -0.4 is 5.32 Å². The van der Waals surface area contributed by atoms with E-state index in [9.17, 15) is 9.59 Å². The fourth-order valence-corrected chi connectivity index (χ4v) is 4.24. The number of benzene rings is 1. The van der Waals surface area contributed by atoms with Crippen LogP contribution in [0, 0.1) is 5.41 Å². The first-order chi connectivity index (χ1) is 14.8. The number of nitrogens with zero attached hydrogens (tertiary/aromatic N) is 3. The summed E-state index contributed by atoms with van der Waals surface area (Å²) in [4.78, 5) is 31.9. The van der Waals surface area contributed by atoms with Crippen molar-refractivity contribution < 1.29 is 9.59 Å². The first-order valence-electron chi connectivity index (χ1n) is 11.8. The number of hydrogen-bond acceptors (Lipinski definition) is 3. The lowest BCUT2D eigenvalue weighted by atomic mass is 9.96. The standard InChI is InChI=1S/C25H38N4O2/c1-19-12-9-11-17-28(19)23(30)18-29-21-14-8-7-13-20(21)27-22(29)15-6-5-10-16-26-24(31)25(2,3)4/h7-8,13-14,19H,5-6,9-12,15-18H2,1-4H3,(H,26,31). The fourth-order valence-electron chi connectivity index (χ4n) is 4.24. The molecule has 1 fully saturated rings. The predicted molar refractivity (Wildman–Crippen MR) is 125 cm³/mol. The highest BCUT2D eigenvalue weighted by molar-refractivity contribution is 5.82. The number of fused-ring (bicyclic) bond motifs is 1. The molecule has 1 atom stereocenters. The van der Waals surface area contributed by atoms with Gasteiger partial charge in [0, 0.05) is 31.0 Å². The Bertz CT molecular complexity index is 897. The molecule has 6 nitrogen and oxygen atoms in total. The van der Waals surface area contributed by atoms with E-state index in [0.717, 1.165) is 61.9 Å². The minimum absolute atomic E-state index is 0.0970. The number of hydrogen-bond donors (Lipinski definition) is 1. The van der Waals surface area contributed by atoms with E-state index in [0.29, 0.717) is 19.1 Å². The Kier molecular flexibility index (Phi) is 7.74. The van der Waals surface area contributed by atoms with Crippen molar-refractivity contribution in [2.45, 2.75) is 85.2 Å². The largest absolute Gasteiger partial charge is 0.356 e. The van der Waals surface area contributed by atoms with Crippen molar-refractivity contribution in [3.63, 3.8) is 0 Å². The summed E-state index contributed by atoms with van der Waals surface area (Å²) < 4.78 is 2.11. The smallest absolute Gasteiger partial charge is 0.242 e. The number of nitrogens with one attached hydrogen (secondary N) is 1. The molecule has 1 unspecified atom stereocenters. The van der Waals surface area contributed by atoms with Gasteiger partial charge in [-0.25, -0.2) is 4.98 Å². The van der Waals surface area contributed by atoms with Gasteiger partial charge < -0.3 is 14.8 Å². The Morgan fingerprint density at radius 3 is 2.65 bits per heavy atom. The molecule has 1 N–H and O–H groups in total. The average molecular weight is 427 g/mol. The van der Waals surface area contributed by atoms with Gasteiger partial charge >= 0.3 is 0 Å². The molecule has 6 heteroatoms. The Morgan fingerprint density at radius 2 is 1.90 bits per heavy atom. The number of amides is 2. The number of piperidine rings is 1. The second-order valence-electron chi connectivity index (χ2n) is 9.85. The minimum Gasteiger partial charge on any atom is -0.356 e. The van der Waals surface area contributed by atoms with Crippen LogP contribution in [0.2, 0.25) is 0 Å². The molecule has 2 heterocycles. The molecule has 1 aliphatic rings. The third-order valence-electron chi connectivity index (χ3n) is 6.19. The molecule has 1 aliphatic heterocycles. The molecule has 170 valence electrons. The van der Waals surface area contributed by atoms with Crippen LogP contribution in [0.25, 0.3) is 11.0 Å². The number of carbonyl (C=O) groups is 2.